The normalized spacial score (nSPS) is 11.5. The first-order valence-corrected chi connectivity index (χ1v) is 15.4. The van der Waals surface area contributed by atoms with Gasteiger partial charge in [-0.15, -0.1) is 0 Å². The Morgan fingerprint density at radius 1 is 0.558 bits per heavy atom. The van der Waals surface area contributed by atoms with E-state index in [-0.39, 0.29) is 0 Å². The summed E-state index contributed by atoms with van der Waals surface area (Å²) < 4.78 is 24.7. The number of hydrogen-bond acceptors (Lipinski definition) is 4. The maximum Gasteiger partial charge on any atom is 0.494 e. The van der Waals surface area contributed by atoms with Crippen LogP contribution in [0.3, 0.4) is 0 Å². The third-order valence-corrected chi connectivity index (χ3v) is 8.16. The molecule has 4 aromatic carbocycles. The largest absolute Gasteiger partial charge is 0.494 e. The fourth-order valence-electron chi connectivity index (χ4n) is 5.90. The van der Waals surface area contributed by atoms with Crippen molar-refractivity contribution in [1.82, 2.24) is 0 Å². The van der Waals surface area contributed by atoms with E-state index in [0.717, 1.165) is 38.7 Å². The van der Waals surface area contributed by atoms with E-state index in [1.165, 1.54) is 16.7 Å². The molecule has 43 heavy (non-hydrogen) atoms. The lowest BCUT2D eigenvalue weighted by molar-refractivity contribution is 0.231. The number of hydrogen-bond donors (Lipinski definition) is 0. The Morgan fingerprint density at radius 2 is 1.07 bits per heavy atom. The summed E-state index contributed by atoms with van der Waals surface area (Å²) >= 11 is 0. The van der Waals surface area contributed by atoms with E-state index in [4.69, 9.17) is 18.6 Å². The molecule has 0 aliphatic heterocycles. The van der Waals surface area contributed by atoms with Gasteiger partial charge in [0.05, 0.1) is 6.61 Å². The van der Waals surface area contributed by atoms with Crippen molar-refractivity contribution in [3.8, 4) is 22.3 Å². The summed E-state index contributed by atoms with van der Waals surface area (Å²) in [6.07, 6.45) is 0. The zero-order valence-corrected chi connectivity index (χ0v) is 27.3. The third-order valence-electron chi connectivity index (χ3n) is 8.16. The van der Waals surface area contributed by atoms with Crippen LogP contribution in [0.5, 0.6) is 0 Å². The Morgan fingerprint density at radius 3 is 1.53 bits per heavy atom. The van der Waals surface area contributed by atoms with Crippen LogP contribution in [0.25, 0.3) is 22.3 Å². The minimum atomic E-state index is -0.563. The van der Waals surface area contributed by atoms with Gasteiger partial charge in [-0.05, 0) is 73.2 Å². The number of benzene rings is 4. The molecular formula is C37H46B2O4. The molecule has 0 heterocycles. The Labute approximate surface area is 260 Å². The van der Waals surface area contributed by atoms with Gasteiger partial charge in [-0.3, -0.25) is 0 Å². The molecule has 6 heteroatoms. The van der Waals surface area contributed by atoms with E-state index in [1.54, 1.807) is 21.3 Å². The van der Waals surface area contributed by atoms with Crippen molar-refractivity contribution >= 4 is 25.2 Å². The van der Waals surface area contributed by atoms with E-state index in [1.807, 2.05) is 12.1 Å². The highest BCUT2D eigenvalue weighted by Gasteiger charge is 2.32. The second-order valence-corrected chi connectivity index (χ2v) is 12.1. The molecule has 224 valence electrons. The fourth-order valence-corrected chi connectivity index (χ4v) is 5.90. The van der Waals surface area contributed by atoms with Crippen LogP contribution < -0.4 is 10.9 Å². The topological polar surface area (TPSA) is 36.9 Å². The van der Waals surface area contributed by atoms with Crippen molar-refractivity contribution < 1.29 is 18.6 Å². The lowest BCUT2D eigenvalue weighted by Crippen LogP contribution is -2.42. The van der Waals surface area contributed by atoms with Crippen LogP contribution in [0.4, 0.5) is 0 Å². The number of rotatable bonds is 13. The predicted molar refractivity (Wildman–Crippen MR) is 183 cm³/mol. The Bertz CT molecular complexity index is 1440. The van der Waals surface area contributed by atoms with Gasteiger partial charge in [0.1, 0.15) is 0 Å². The summed E-state index contributed by atoms with van der Waals surface area (Å²) in [4.78, 5) is 0. The van der Waals surface area contributed by atoms with Crippen molar-refractivity contribution in [1.29, 1.82) is 0 Å². The van der Waals surface area contributed by atoms with Crippen molar-refractivity contribution in [3.05, 3.63) is 107 Å². The van der Waals surface area contributed by atoms with E-state index in [2.05, 4.69) is 114 Å². The highest BCUT2D eigenvalue weighted by Crippen LogP contribution is 2.31. The minimum Gasteiger partial charge on any atom is -0.410 e. The molecule has 0 unspecified atom stereocenters. The zero-order chi connectivity index (χ0) is 31.1. The molecule has 0 amide bonds. The molecular weight excluding hydrogens is 530 g/mol. The molecule has 4 aromatic rings. The predicted octanol–water partition coefficient (Wildman–Crippen LogP) is 7.94. The standard InChI is InChI=1S/C37H46B2O4/c1-25(2)31-22-33(26(3)4)36(34(23-31)27(5)6)39(42-9)43-24-30-20-21-32(28-16-12-10-13-17-28)37(38(40-7)41-8)35(30)29-18-14-11-15-19-29/h10-23,25-27H,24H2,1-9H3. The van der Waals surface area contributed by atoms with Crippen molar-refractivity contribution in [2.75, 3.05) is 21.3 Å². The van der Waals surface area contributed by atoms with Crippen LogP contribution >= 0.6 is 0 Å². The monoisotopic (exact) mass is 576 g/mol. The molecule has 4 rings (SSSR count). The van der Waals surface area contributed by atoms with Crippen LogP contribution in [0, 0.1) is 0 Å². The first-order valence-electron chi connectivity index (χ1n) is 15.4. The molecule has 4 nitrogen and oxygen atoms in total. The first kappa shape index (κ1) is 32.8. The molecule has 0 aromatic heterocycles. The smallest absolute Gasteiger partial charge is 0.410 e. The summed E-state index contributed by atoms with van der Waals surface area (Å²) in [5.41, 5.74) is 11.4. The average Bonchev–Trinajstić information content (AvgIpc) is 3.02. The van der Waals surface area contributed by atoms with Gasteiger partial charge in [0.15, 0.2) is 0 Å². The van der Waals surface area contributed by atoms with Gasteiger partial charge >= 0.3 is 14.2 Å². The molecule has 0 aliphatic rings. The van der Waals surface area contributed by atoms with Gasteiger partial charge in [0.2, 0.25) is 0 Å². The van der Waals surface area contributed by atoms with E-state index >= 15 is 0 Å². The van der Waals surface area contributed by atoms with Gasteiger partial charge in [0.25, 0.3) is 0 Å². The highest BCUT2D eigenvalue weighted by atomic mass is 16.6. The molecule has 0 atom stereocenters. The molecule has 0 radical (unpaired) electrons. The lowest BCUT2D eigenvalue weighted by atomic mass is 9.67. The van der Waals surface area contributed by atoms with Gasteiger partial charge < -0.3 is 18.6 Å². The van der Waals surface area contributed by atoms with Crippen molar-refractivity contribution in [2.45, 2.75) is 65.9 Å². The average molecular weight is 576 g/mol. The lowest BCUT2D eigenvalue weighted by Gasteiger charge is -2.26. The quantitative estimate of drug-likeness (QED) is 0.152. The van der Waals surface area contributed by atoms with Gasteiger partial charge in [-0.1, -0.05) is 126 Å². The van der Waals surface area contributed by atoms with Crippen molar-refractivity contribution in [2.24, 2.45) is 0 Å². The summed E-state index contributed by atoms with van der Waals surface area (Å²) in [6.45, 7) is 13.8. The molecule has 0 spiro atoms. The van der Waals surface area contributed by atoms with Crippen molar-refractivity contribution in [3.63, 3.8) is 0 Å². The van der Waals surface area contributed by atoms with E-state index < -0.39 is 14.2 Å². The van der Waals surface area contributed by atoms with Crippen LogP contribution in [0.2, 0.25) is 0 Å². The summed E-state index contributed by atoms with van der Waals surface area (Å²) in [6, 6.07) is 29.8. The minimum absolute atomic E-state index is 0.327. The summed E-state index contributed by atoms with van der Waals surface area (Å²) in [7, 11) is 4.03. The summed E-state index contributed by atoms with van der Waals surface area (Å²) in [5.74, 6) is 1.09. The Hall–Kier alpha value is -3.15. The molecule has 0 saturated carbocycles. The van der Waals surface area contributed by atoms with Crippen LogP contribution in [-0.4, -0.2) is 35.6 Å². The molecule has 0 bridgehead atoms. The zero-order valence-electron chi connectivity index (χ0n) is 27.3. The van der Waals surface area contributed by atoms with Crippen LogP contribution in [0.15, 0.2) is 84.9 Å². The Kier molecular flexibility index (Phi) is 11.5. The molecule has 0 aliphatic carbocycles. The Balaban J connectivity index is 1.87. The van der Waals surface area contributed by atoms with Crippen LogP contribution in [-0.2, 0) is 25.2 Å². The first-order chi connectivity index (χ1) is 20.7. The molecule has 0 fully saturated rings. The maximum absolute atomic E-state index is 6.75. The van der Waals surface area contributed by atoms with Gasteiger partial charge in [-0.25, -0.2) is 0 Å². The van der Waals surface area contributed by atoms with Gasteiger partial charge in [0, 0.05) is 21.3 Å². The van der Waals surface area contributed by atoms with Crippen LogP contribution in [0.1, 0.15) is 81.5 Å². The highest BCUT2D eigenvalue weighted by molar-refractivity contribution is 6.65. The second kappa shape index (κ2) is 15.0. The SMILES string of the molecule is COB(OCc1ccc(-c2ccccc2)c(B(OC)OC)c1-c1ccccc1)c1c(C(C)C)cc(C(C)C)cc1C(C)C. The van der Waals surface area contributed by atoms with E-state index in [9.17, 15) is 0 Å². The second-order valence-electron chi connectivity index (χ2n) is 12.1. The molecule has 0 N–H and O–H groups in total. The molecule has 0 saturated heterocycles. The summed E-state index contributed by atoms with van der Waals surface area (Å²) in [5, 5.41) is 0. The maximum atomic E-state index is 6.75. The third kappa shape index (κ3) is 7.33. The van der Waals surface area contributed by atoms with Gasteiger partial charge in [-0.2, -0.15) is 0 Å². The fraction of sp³-hybridized carbons (Fsp3) is 0.351. The van der Waals surface area contributed by atoms with E-state index in [0.29, 0.717) is 24.4 Å².